The van der Waals surface area contributed by atoms with Gasteiger partial charge in [-0.05, 0) is 63.2 Å². The fourth-order valence-electron chi connectivity index (χ4n) is 3.14. The number of nitrogens with zero attached hydrogens (tertiary/aromatic N) is 1. The number of piperidine rings is 1. The number of rotatable bonds is 6. The molecule has 2 fully saturated rings. The van der Waals surface area contributed by atoms with Gasteiger partial charge in [-0.25, -0.2) is 0 Å². The third kappa shape index (κ3) is 3.64. The molecule has 3 nitrogen and oxygen atoms in total. The number of hydrogen-bond acceptors (Lipinski definition) is 3. The molecule has 1 aromatic rings. The van der Waals surface area contributed by atoms with Gasteiger partial charge in [0.2, 0.25) is 0 Å². The van der Waals surface area contributed by atoms with Crippen LogP contribution in [-0.4, -0.2) is 24.0 Å². The third-order valence-corrected chi connectivity index (χ3v) is 4.86. The van der Waals surface area contributed by atoms with Crippen LogP contribution in [0.25, 0.3) is 0 Å². The summed E-state index contributed by atoms with van der Waals surface area (Å²) in [6, 6.07) is 2.98. The molecular weight excluding hydrogens is 248 g/mol. The molecular formula is C17H28N2O. The Labute approximate surface area is 122 Å². The summed E-state index contributed by atoms with van der Waals surface area (Å²) in [5.41, 5.74) is 1.30. The largest absolute Gasteiger partial charge is 0.463 e. The summed E-state index contributed by atoms with van der Waals surface area (Å²) in [4.78, 5) is 2.54. The summed E-state index contributed by atoms with van der Waals surface area (Å²) in [5.74, 6) is 3.23. The average molecular weight is 276 g/mol. The molecule has 1 saturated carbocycles. The van der Waals surface area contributed by atoms with Gasteiger partial charge in [0.25, 0.3) is 0 Å². The van der Waals surface area contributed by atoms with Gasteiger partial charge < -0.3 is 9.73 Å². The molecule has 0 radical (unpaired) electrons. The molecule has 0 spiro atoms. The normalized spacial score (nSPS) is 21.5. The summed E-state index contributed by atoms with van der Waals surface area (Å²) in [7, 11) is 0. The van der Waals surface area contributed by atoms with Crippen molar-refractivity contribution in [3.8, 4) is 0 Å². The van der Waals surface area contributed by atoms with E-state index in [0.29, 0.717) is 0 Å². The summed E-state index contributed by atoms with van der Waals surface area (Å²) in [6.45, 7) is 8.83. The van der Waals surface area contributed by atoms with Crippen molar-refractivity contribution in [1.29, 1.82) is 0 Å². The monoisotopic (exact) mass is 276 g/mol. The fraction of sp³-hybridized carbons (Fsp3) is 0.765. The minimum Gasteiger partial charge on any atom is -0.463 e. The molecule has 0 unspecified atom stereocenters. The van der Waals surface area contributed by atoms with Crippen LogP contribution < -0.4 is 5.32 Å². The minimum atomic E-state index is 0.746. The smallest absolute Gasteiger partial charge is 0.120 e. The van der Waals surface area contributed by atoms with Crippen LogP contribution in [0.1, 0.15) is 56.1 Å². The van der Waals surface area contributed by atoms with Crippen molar-refractivity contribution < 1.29 is 4.42 Å². The summed E-state index contributed by atoms with van der Waals surface area (Å²) < 4.78 is 6.04. The highest BCUT2D eigenvalue weighted by Gasteiger charge is 2.22. The van der Waals surface area contributed by atoms with E-state index in [-0.39, 0.29) is 0 Å². The molecule has 2 heterocycles. The highest BCUT2D eigenvalue weighted by molar-refractivity contribution is 5.20. The van der Waals surface area contributed by atoms with Gasteiger partial charge in [0.15, 0.2) is 0 Å². The zero-order chi connectivity index (χ0) is 13.9. The molecule has 20 heavy (non-hydrogen) atoms. The Kier molecular flexibility index (Phi) is 4.47. The molecule has 0 bridgehead atoms. The van der Waals surface area contributed by atoms with Gasteiger partial charge >= 0.3 is 0 Å². The van der Waals surface area contributed by atoms with Crippen molar-refractivity contribution in [2.45, 2.75) is 65.1 Å². The van der Waals surface area contributed by atoms with Gasteiger partial charge in [-0.15, -0.1) is 0 Å². The average Bonchev–Trinajstić information content (AvgIpc) is 3.22. The standard InChI is InChI=1S/C17H28N2O/c1-3-14-6-8-19(9-7-14)12-16-10-13(2)17(20-16)11-18-15-4-5-15/h10,14-15,18H,3-9,11-12H2,1-2H3. The van der Waals surface area contributed by atoms with Gasteiger partial charge in [0.1, 0.15) is 11.5 Å². The van der Waals surface area contributed by atoms with Crippen molar-refractivity contribution in [1.82, 2.24) is 10.2 Å². The maximum absolute atomic E-state index is 6.04. The molecule has 0 aromatic carbocycles. The van der Waals surface area contributed by atoms with E-state index in [0.717, 1.165) is 36.6 Å². The van der Waals surface area contributed by atoms with Crippen LogP contribution in [0.4, 0.5) is 0 Å². The first-order chi connectivity index (χ1) is 9.74. The van der Waals surface area contributed by atoms with Gasteiger partial charge in [0, 0.05) is 6.04 Å². The Morgan fingerprint density at radius 1 is 1.25 bits per heavy atom. The summed E-state index contributed by atoms with van der Waals surface area (Å²) in [6.07, 6.45) is 6.71. The summed E-state index contributed by atoms with van der Waals surface area (Å²) in [5, 5.41) is 3.54. The van der Waals surface area contributed by atoms with Gasteiger partial charge in [-0.1, -0.05) is 13.3 Å². The van der Waals surface area contributed by atoms with Gasteiger partial charge in [-0.3, -0.25) is 4.90 Å². The van der Waals surface area contributed by atoms with Crippen molar-refractivity contribution in [2.24, 2.45) is 5.92 Å². The quantitative estimate of drug-likeness (QED) is 0.862. The Morgan fingerprint density at radius 3 is 2.65 bits per heavy atom. The van der Waals surface area contributed by atoms with Crippen molar-refractivity contribution in [3.05, 3.63) is 23.2 Å². The zero-order valence-electron chi connectivity index (χ0n) is 13.0. The molecule has 3 heteroatoms. The predicted molar refractivity (Wildman–Crippen MR) is 81.6 cm³/mol. The second-order valence-corrected chi connectivity index (χ2v) is 6.60. The van der Waals surface area contributed by atoms with Crippen molar-refractivity contribution in [3.63, 3.8) is 0 Å². The van der Waals surface area contributed by atoms with Crippen LogP contribution in [-0.2, 0) is 13.1 Å². The van der Waals surface area contributed by atoms with Crippen LogP contribution in [0.5, 0.6) is 0 Å². The second kappa shape index (κ2) is 6.31. The maximum atomic E-state index is 6.04. The van der Waals surface area contributed by atoms with E-state index >= 15 is 0 Å². The lowest BCUT2D eigenvalue weighted by Crippen LogP contribution is -2.32. The Morgan fingerprint density at radius 2 is 2.00 bits per heavy atom. The first-order valence-electron chi connectivity index (χ1n) is 8.28. The first-order valence-corrected chi connectivity index (χ1v) is 8.28. The van der Waals surface area contributed by atoms with Crippen molar-refractivity contribution >= 4 is 0 Å². The predicted octanol–water partition coefficient (Wildman–Crippen LogP) is 3.46. The molecule has 1 aliphatic heterocycles. The van der Waals surface area contributed by atoms with Crippen LogP contribution in [0.2, 0.25) is 0 Å². The molecule has 1 aromatic heterocycles. The van der Waals surface area contributed by atoms with Gasteiger partial charge in [-0.2, -0.15) is 0 Å². The zero-order valence-corrected chi connectivity index (χ0v) is 13.0. The molecule has 112 valence electrons. The maximum Gasteiger partial charge on any atom is 0.120 e. The molecule has 1 saturated heterocycles. The Hall–Kier alpha value is -0.800. The second-order valence-electron chi connectivity index (χ2n) is 6.60. The van der Waals surface area contributed by atoms with E-state index in [1.807, 2.05) is 0 Å². The topological polar surface area (TPSA) is 28.4 Å². The van der Waals surface area contributed by atoms with Crippen molar-refractivity contribution in [2.75, 3.05) is 13.1 Å². The van der Waals surface area contributed by atoms with Crippen LogP contribution in [0.3, 0.4) is 0 Å². The lowest BCUT2D eigenvalue weighted by Gasteiger charge is -2.30. The fourth-order valence-corrected chi connectivity index (χ4v) is 3.14. The van der Waals surface area contributed by atoms with Gasteiger partial charge in [0.05, 0.1) is 13.1 Å². The lowest BCUT2D eigenvalue weighted by molar-refractivity contribution is 0.163. The number of likely N-dealkylation sites (tertiary alicyclic amines) is 1. The minimum absolute atomic E-state index is 0.746. The molecule has 3 rings (SSSR count). The Balaban J connectivity index is 1.50. The lowest BCUT2D eigenvalue weighted by atomic mass is 9.94. The Bertz CT molecular complexity index is 428. The van der Waals surface area contributed by atoms with E-state index in [9.17, 15) is 0 Å². The highest BCUT2D eigenvalue weighted by atomic mass is 16.3. The van der Waals surface area contributed by atoms with E-state index in [2.05, 4.69) is 30.1 Å². The third-order valence-electron chi connectivity index (χ3n) is 4.86. The number of aryl methyl sites for hydroxylation is 1. The van der Waals surface area contributed by atoms with E-state index in [1.165, 1.54) is 50.8 Å². The van der Waals surface area contributed by atoms with E-state index in [1.54, 1.807) is 0 Å². The number of nitrogens with one attached hydrogen (secondary N) is 1. The van der Waals surface area contributed by atoms with Crippen LogP contribution >= 0.6 is 0 Å². The highest BCUT2D eigenvalue weighted by Crippen LogP contribution is 2.24. The number of furan rings is 1. The van der Waals surface area contributed by atoms with Crippen LogP contribution in [0, 0.1) is 12.8 Å². The van der Waals surface area contributed by atoms with E-state index in [4.69, 9.17) is 4.42 Å². The molecule has 1 aliphatic carbocycles. The van der Waals surface area contributed by atoms with E-state index < -0.39 is 0 Å². The molecule has 2 aliphatic rings. The summed E-state index contributed by atoms with van der Waals surface area (Å²) >= 11 is 0. The number of hydrogen-bond donors (Lipinski definition) is 1. The SMILES string of the molecule is CCC1CCN(Cc2cc(C)c(CNC3CC3)o2)CC1. The molecule has 1 N–H and O–H groups in total. The first kappa shape index (κ1) is 14.2. The molecule has 0 amide bonds. The van der Waals surface area contributed by atoms with Crippen LogP contribution in [0.15, 0.2) is 10.5 Å². The molecule has 0 atom stereocenters.